The number of hydrogen-bond donors (Lipinski definition) is 1. The lowest BCUT2D eigenvalue weighted by Gasteiger charge is -2.38. The lowest BCUT2D eigenvalue weighted by Crippen LogP contribution is -2.54. The van der Waals surface area contributed by atoms with Crippen molar-refractivity contribution in [3.8, 4) is 0 Å². The fourth-order valence-corrected chi connectivity index (χ4v) is 5.72. The van der Waals surface area contributed by atoms with Gasteiger partial charge < -0.3 is 14.5 Å². The number of ether oxygens (including phenoxy) is 1. The molecule has 12 nitrogen and oxygen atoms in total. The molecule has 0 radical (unpaired) electrons. The predicted molar refractivity (Wildman–Crippen MR) is 146 cm³/mol. The van der Waals surface area contributed by atoms with E-state index in [2.05, 4.69) is 26.9 Å². The Kier molecular flexibility index (Phi) is 8.65. The number of carbonyl (C=O) groups excluding carboxylic acids is 5. The monoisotopic (exact) mass is 554 g/mol. The van der Waals surface area contributed by atoms with Gasteiger partial charge in [-0.3, -0.25) is 39.2 Å². The van der Waals surface area contributed by atoms with Gasteiger partial charge in [-0.05, 0) is 31.0 Å². The van der Waals surface area contributed by atoms with Crippen LogP contribution >= 0.6 is 0 Å². The van der Waals surface area contributed by atoms with Crippen LogP contribution in [0.5, 0.6) is 0 Å². The van der Waals surface area contributed by atoms with E-state index in [1.54, 1.807) is 17.0 Å². The van der Waals surface area contributed by atoms with E-state index in [1.807, 2.05) is 6.07 Å². The molecule has 12 heteroatoms. The number of hydrogen-bond acceptors (Lipinski definition) is 9. The molecule has 0 aromatic heterocycles. The summed E-state index contributed by atoms with van der Waals surface area (Å²) in [5.74, 6) is -1.96. The molecule has 1 aromatic rings. The van der Waals surface area contributed by atoms with Gasteiger partial charge in [0.15, 0.2) is 0 Å². The van der Waals surface area contributed by atoms with Crippen molar-refractivity contribution in [3.05, 3.63) is 29.3 Å². The van der Waals surface area contributed by atoms with Crippen molar-refractivity contribution in [3.63, 3.8) is 0 Å². The van der Waals surface area contributed by atoms with Crippen molar-refractivity contribution in [2.24, 2.45) is 0 Å². The second-order valence-electron chi connectivity index (χ2n) is 10.8. The third kappa shape index (κ3) is 5.97. The minimum atomic E-state index is -0.959. The molecular weight excluding hydrogens is 516 g/mol. The zero-order chi connectivity index (χ0) is 28.2. The highest BCUT2D eigenvalue weighted by molar-refractivity contribution is 6.23. The molecule has 5 amide bonds. The SMILES string of the molecule is CCCCOC(=O)N1CCN(CCN2CCN(c3ccc4c(c3)C(=O)N(C3CCC(=O)NC3=O)C4=O)CC2)CC1. The fraction of sp³-hybridized carbons (Fsp3) is 0.607. The minimum absolute atomic E-state index is 0.100. The number of nitrogens with one attached hydrogen (secondary N) is 1. The highest BCUT2D eigenvalue weighted by Gasteiger charge is 2.44. The van der Waals surface area contributed by atoms with Crippen LogP contribution in [0.4, 0.5) is 10.5 Å². The standard InChI is InChI=1S/C28H38N6O6/c1-2-3-18-40-28(39)33-16-12-31(13-17-33)9-8-30-10-14-32(15-11-30)20-4-5-21-22(19-20)27(38)34(26(21)37)23-6-7-24(35)29-25(23)36/h4-5,19,23H,2-3,6-18H2,1H3,(H,29,35,36). The van der Waals surface area contributed by atoms with E-state index in [0.29, 0.717) is 30.8 Å². The summed E-state index contributed by atoms with van der Waals surface area (Å²) >= 11 is 0. The number of benzene rings is 1. The van der Waals surface area contributed by atoms with Crippen LogP contribution in [0.25, 0.3) is 0 Å². The molecule has 216 valence electrons. The van der Waals surface area contributed by atoms with Crippen LogP contribution < -0.4 is 10.2 Å². The van der Waals surface area contributed by atoms with Gasteiger partial charge in [0.05, 0.1) is 17.7 Å². The molecule has 3 saturated heterocycles. The highest BCUT2D eigenvalue weighted by atomic mass is 16.6. The fourth-order valence-electron chi connectivity index (χ4n) is 5.72. The van der Waals surface area contributed by atoms with Crippen molar-refractivity contribution >= 4 is 35.4 Å². The van der Waals surface area contributed by atoms with E-state index in [0.717, 1.165) is 75.8 Å². The summed E-state index contributed by atoms with van der Waals surface area (Å²) in [5.41, 5.74) is 1.49. The van der Waals surface area contributed by atoms with Gasteiger partial charge in [-0.15, -0.1) is 0 Å². The lowest BCUT2D eigenvalue weighted by molar-refractivity contribution is -0.136. The summed E-state index contributed by atoms with van der Waals surface area (Å²) in [6, 6.07) is 4.33. The van der Waals surface area contributed by atoms with Gasteiger partial charge in [0.1, 0.15) is 6.04 Å². The first-order chi connectivity index (χ1) is 19.4. The number of piperidine rings is 1. The molecule has 1 aromatic carbocycles. The van der Waals surface area contributed by atoms with Crippen molar-refractivity contribution < 1.29 is 28.7 Å². The smallest absolute Gasteiger partial charge is 0.409 e. The number of carbonyl (C=O) groups is 5. The number of amides is 5. The quantitative estimate of drug-likeness (QED) is 0.367. The minimum Gasteiger partial charge on any atom is -0.449 e. The van der Waals surface area contributed by atoms with Crippen LogP contribution in [-0.2, 0) is 14.3 Å². The first-order valence-electron chi connectivity index (χ1n) is 14.3. The van der Waals surface area contributed by atoms with E-state index in [9.17, 15) is 24.0 Å². The molecule has 0 spiro atoms. The number of unbranched alkanes of at least 4 members (excludes halogenated alkanes) is 1. The number of rotatable bonds is 8. The lowest BCUT2D eigenvalue weighted by atomic mass is 10.0. The Labute approximate surface area is 234 Å². The van der Waals surface area contributed by atoms with Gasteiger partial charge in [-0.25, -0.2) is 4.79 Å². The molecule has 4 aliphatic rings. The Morgan fingerprint density at radius 2 is 1.55 bits per heavy atom. The first kappa shape index (κ1) is 28.0. The summed E-state index contributed by atoms with van der Waals surface area (Å²) in [5, 5.41) is 2.23. The largest absolute Gasteiger partial charge is 0.449 e. The van der Waals surface area contributed by atoms with E-state index in [-0.39, 0.29) is 24.8 Å². The van der Waals surface area contributed by atoms with Crippen LogP contribution in [0.15, 0.2) is 18.2 Å². The normalized spacial score (nSPS) is 22.5. The Bertz CT molecular complexity index is 1160. The molecule has 1 N–H and O–H groups in total. The number of anilines is 1. The topological polar surface area (TPSA) is 123 Å². The zero-order valence-corrected chi connectivity index (χ0v) is 23.1. The van der Waals surface area contributed by atoms with E-state index >= 15 is 0 Å². The highest BCUT2D eigenvalue weighted by Crippen LogP contribution is 2.31. The zero-order valence-electron chi connectivity index (χ0n) is 23.1. The molecule has 0 saturated carbocycles. The van der Waals surface area contributed by atoms with Gasteiger partial charge in [0.25, 0.3) is 11.8 Å². The van der Waals surface area contributed by atoms with E-state index < -0.39 is 23.8 Å². The van der Waals surface area contributed by atoms with Crippen LogP contribution in [0.3, 0.4) is 0 Å². The van der Waals surface area contributed by atoms with Gasteiger partial charge in [0.2, 0.25) is 11.8 Å². The molecular formula is C28H38N6O6. The molecule has 4 heterocycles. The Morgan fingerprint density at radius 1 is 0.900 bits per heavy atom. The second kappa shape index (κ2) is 12.3. The van der Waals surface area contributed by atoms with Crippen molar-refractivity contribution in [1.29, 1.82) is 0 Å². The predicted octanol–water partition coefficient (Wildman–Crippen LogP) is 0.764. The second-order valence-corrected chi connectivity index (χ2v) is 10.8. The number of fused-ring (bicyclic) bond motifs is 1. The molecule has 4 aliphatic heterocycles. The average Bonchev–Trinajstić information content (AvgIpc) is 3.21. The van der Waals surface area contributed by atoms with E-state index in [4.69, 9.17) is 4.74 Å². The first-order valence-corrected chi connectivity index (χ1v) is 14.3. The van der Waals surface area contributed by atoms with Crippen molar-refractivity contribution in [1.82, 2.24) is 24.9 Å². The maximum Gasteiger partial charge on any atom is 0.409 e. The maximum absolute atomic E-state index is 13.2. The van der Waals surface area contributed by atoms with E-state index in [1.165, 1.54) is 0 Å². The number of piperazine rings is 2. The molecule has 0 aliphatic carbocycles. The summed E-state index contributed by atoms with van der Waals surface area (Å²) < 4.78 is 5.33. The van der Waals surface area contributed by atoms with Crippen molar-refractivity contribution in [2.75, 3.05) is 77.0 Å². The Morgan fingerprint density at radius 3 is 2.20 bits per heavy atom. The third-order valence-corrected chi connectivity index (χ3v) is 8.25. The van der Waals surface area contributed by atoms with Gasteiger partial charge >= 0.3 is 6.09 Å². The molecule has 5 rings (SSSR count). The van der Waals surface area contributed by atoms with Gasteiger partial charge in [-0.2, -0.15) is 0 Å². The molecule has 40 heavy (non-hydrogen) atoms. The number of imide groups is 2. The van der Waals surface area contributed by atoms with Crippen molar-refractivity contribution in [2.45, 2.75) is 38.6 Å². The summed E-state index contributed by atoms with van der Waals surface area (Å²) in [7, 11) is 0. The van der Waals surface area contributed by atoms with Gasteiger partial charge in [0, 0.05) is 77.6 Å². The van der Waals surface area contributed by atoms with Gasteiger partial charge in [-0.1, -0.05) is 13.3 Å². The van der Waals surface area contributed by atoms with Crippen LogP contribution in [0.2, 0.25) is 0 Å². The number of nitrogens with zero attached hydrogens (tertiary/aromatic N) is 5. The van der Waals surface area contributed by atoms with Crippen LogP contribution in [0, 0.1) is 0 Å². The maximum atomic E-state index is 13.2. The molecule has 1 unspecified atom stereocenters. The molecule has 1 atom stereocenters. The third-order valence-electron chi connectivity index (χ3n) is 8.25. The summed E-state index contributed by atoms with van der Waals surface area (Å²) in [6.45, 7) is 10.9. The molecule has 3 fully saturated rings. The van der Waals surface area contributed by atoms with Crippen LogP contribution in [0.1, 0.15) is 53.3 Å². The Balaban J connectivity index is 1.08. The summed E-state index contributed by atoms with van der Waals surface area (Å²) in [4.78, 5) is 71.9. The molecule has 0 bridgehead atoms. The van der Waals surface area contributed by atoms with Crippen LogP contribution in [-0.4, -0.2) is 127 Å². The summed E-state index contributed by atoms with van der Waals surface area (Å²) in [6.07, 6.45) is 1.95. The average molecular weight is 555 g/mol. The Hall–Kier alpha value is -3.51.